The first kappa shape index (κ1) is 21.2. The lowest BCUT2D eigenvalue weighted by molar-refractivity contribution is -0.136. The molecule has 0 aromatic heterocycles. The molecule has 0 saturated carbocycles. The van der Waals surface area contributed by atoms with Crippen molar-refractivity contribution in [3.63, 3.8) is 0 Å². The van der Waals surface area contributed by atoms with E-state index in [1.807, 2.05) is 18.2 Å². The Morgan fingerprint density at radius 1 is 1.19 bits per heavy atom. The molecule has 26 heavy (non-hydrogen) atoms. The molecule has 2 fully saturated rings. The maximum atomic E-state index is 13.2. The van der Waals surface area contributed by atoms with Crippen LogP contribution >= 0.6 is 12.4 Å². The zero-order valence-corrected chi connectivity index (χ0v) is 17.1. The number of amides is 1. The number of likely N-dealkylation sites (tertiary alicyclic amines) is 1. The molecule has 5 nitrogen and oxygen atoms in total. The van der Waals surface area contributed by atoms with Gasteiger partial charge < -0.3 is 10.2 Å². The zero-order valence-electron chi connectivity index (χ0n) is 15.5. The molecule has 1 N–H and O–H groups in total. The van der Waals surface area contributed by atoms with Gasteiger partial charge in [-0.15, -0.1) is 12.4 Å². The van der Waals surface area contributed by atoms with Gasteiger partial charge in [0.05, 0.1) is 0 Å². The van der Waals surface area contributed by atoms with Gasteiger partial charge >= 0.3 is 0 Å². The molecule has 1 aromatic rings. The summed E-state index contributed by atoms with van der Waals surface area (Å²) in [5.74, 6) is 0.556. The Balaban J connectivity index is 0.00000243. The van der Waals surface area contributed by atoms with Crippen LogP contribution in [0.25, 0.3) is 0 Å². The van der Waals surface area contributed by atoms with E-state index >= 15 is 0 Å². The first-order valence-corrected chi connectivity index (χ1v) is 11.0. The fourth-order valence-electron chi connectivity index (χ4n) is 4.39. The molecule has 146 valence electrons. The van der Waals surface area contributed by atoms with Gasteiger partial charge in [-0.3, -0.25) is 4.79 Å². The molecule has 2 heterocycles. The van der Waals surface area contributed by atoms with Gasteiger partial charge in [-0.25, -0.2) is 8.42 Å². The number of nitrogens with one attached hydrogen (secondary N) is 1. The monoisotopic (exact) mass is 400 g/mol. The zero-order chi connectivity index (χ0) is 18.1. The van der Waals surface area contributed by atoms with E-state index in [0.717, 1.165) is 6.42 Å². The topological polar surface area (TPSA) is 66.5 Å². The summed E-state index contributed by atoms with van der Waals surface area (Å²) in [6, 6.07) is 10.4. The van der Waals surface area contributed by atoms with Crippen molar-refractivity contribution < 1.29 is 13.2 Å². The highest BCUT2D eigenvalue weighted by atomic mass is 35.5. The summed E-state index contributed by atoms with van der Waals surface area (Å²) in [5, 5.41) is 3.17. The Hall–Kier alpha value is -1.11. The second-order valence-electron chi connectivity index (χ2n) is 7.55. The average molecular weight is 401 g/mol. The van der Waals surface area contributed by atoms with Crippen molar-refractivity contribution in [3.8, 4) is 0 Å². The number of carbonyl (C=O) groups excluding carboxylic acids is 1. The fourth-order valence-corrected chi connectivity index (χ4v) is 5.78. The SMILES string of the molecule is CC1CN(C(=O)C2(S(C)(=O)=O)CCNCC2)CCC1c1ccccc1.Cl. The molecule has 2 aliphatic rings. The number of hydrogen-bond donors (Lipinski definition) is 1. The highest BCUT2D eigenvalue weighted by Gasteiger charge is 2.51. The molecular weight excluding hydrogens is 372 g/mol. The average Bonchev–Trinajstić information content (AvgIpc) is 2.61. The predicted molar refractivity (Wildman–Crippen MR) is 106 cm³/mol. The number of piperidine rings is 2. The molecule has 2 atom stereocenters. The molecule has 3 rings (SSSR count). The van der Waals surface area contributed by atoms with Crippen LogP contribution in [0.5, 0.6) is 0 Å². The summed E-state index contributed by atoms with van der Waals surface area (Å²) in [4.78, 5) is 15.0. The maximum absolute atomic E-state index is 13.2. The second kappa shape index (κ2) is 8.28. The highest BCUT2D eigenvalue weighted by molar-refractivity contribution is 7.92. The number of hydrogen-bond acceptors (Lipinski definition) is 4. The smallest absolute Gasteiger partial charge is 0.244 e. The van der Waals surface area contributed by atoms with E-state index in [1.165, 1.54) is 11.8 Å². The van der Waals surface area contributed by atoms with Gasteiger partial charge in [0.1, 0.15) is 0 Å². The van der Waals surface area contributed by atoms with Gasteiger partial charge in [-0.2, -0.15) is 0 Å². The quantitative estimate of drug-likeness (QED) is 0.844. The lowest BCUT2D eigenvalue weighted by Crippen LogP contribution is -2.59. The Morgan fingerprint density at radius 2 is 1.81 bits per heavy atom. The third kappa shape index (κ3) is 3.92. The third-order valence-electron chi connectivity index (χ3n) is 5.93. The normalized spacial score (nSPS) is 26.0. The number of benzene rings is 1. The Kier molecular flexibility index (Phi) is 6.75. The molecule has 1 aromatic carbocycles. The van der Waals surface area contributed by atoms with Gasteiger partial charge in [0.2, 0.25) is 5.91 Å². The van der Waals surface area contributed by atoms with Gasteiger partial charge in [0.15, 0.2) is 14.6 Å². The minimum absolute atomic E-state index is 0. The van der Waals surface area contributed by atoms with E-state index in [2.05, 4.69) is 24.4 Å². The van der Waals surface area contributed by atoms with Gasteiger partial charge in [-0.05, 0) is 49.8 Å². The Labute approximate surface area is 162 Å². The molecule has 7 heteroatoms. The molecule has 1 amide bonds. The molecule has 0 radical (unpaired) electrons. The van der Waals surface area contributed by atoms with Crippen LogP contribution in [0.4, 0.5) is 0 Å². The van der Waals surface area contributed by atoms with Crippen molar-refractivity contribution in [3.05, 3.63) is 35.9 Å². The Morgan fingerprint density at radius 3 is 2.35 bits per heavy atom. The first-order valence-electron chi connectivity index (χ1n) is 9.10. The van der Waals surface area contributed by atoms with E-state index in [-0.39, 0.29) is 18.3 Å². The number of rotatable bonds is 3. The van der Waals surface area contributed by atoms with Crippen LogP contribution in [-0.2, 0) is 14.6 Å². The van der Waals surface area contributed by atoms with Crippen molar-refractivity contribution in [2.75, 3.05) is 32.4 Å². The fraction of sp³-hybridized carbons (Fsp3) is 0.632. The summed E-state index contributed by atoms with van der Waals surface area (Å²) in [5.41, 5.74) is 1.31. The van der Waals surface area contributed by atoms with E-state index in [0.29, 0.717) is 50.9 Å². The van der Waals surface area contributed by atoms with E-state index in [4.69, 9.17) is 0 Å². The lowest BCUT2D eigenvalue weighted by atomic mass is 9.81. The van der Waals surface area contributed by atoms with Gasteiger partial charge in [0.25, 0.3) is 0 Å². The minimum atomic E-state index is -3.45. The van der Waals surface area contributed by atoms with Crippen LogP contribution in [0, 0.1) is 5.92 Å². The maximum Gasteiger partial charge on any atom is 0.244 e. The standard InChI is InChI=1S/C19H28N2O3S.ClH/c1-15-14-21(13-8-17(15)16-6-4-3-5-7-16)18(22)19(25(2,23)24)9-11-20-12-10-19;/h3-7,15,17,20H,8-14H2,1-2H3;1H. The largest absolute Gasteiger partial charge is 0.341 e. The first-order chi connectivity index (χ1) is 11.8. The van der Waals surface area contributed by atoms with Crippen molar-refractivity contribution >= 4 is 28.2 Å². The van der Waals surface area contributed by atoms with Crippen LogP contribution < -0.4 is 5.32 Å². The number of sulfone groups is 1. The van der Waals surface area contributed by atoms with Gasteiger partial charge in [0, 0.05) is 19.3 Å². The minimum Gasteiger partial charge on any atom is -0.341 e. The van der Waals surface area contributed by atoms with Crippen molar-refractivity contribution in [2.24, 2.45) is 5.92 Å². The summed E-state index contributed by atoms with van der Waals surface area (Å²) < 4.78 is 23.7. The summed E-state index contributed by atoms with van der Waals surface area (Å²) >= 11 is 0. The molecular formula is C19H29ClN2O3S. The van der Waals surface area contributed by atoms with Crippen molar-refractivity contribution in [1.29, 1.82) is 0 Å². The van der Waals surface area contributed by atoms with E-state index < -0.39 is 14.6 Å². The number of halogens is 1. The summed E-state index contributed by atoms with van der Waals surface area (Å²) in [6.45, 7) is 4.58. The summed E-state index contributed by atoms with van der Waals surface area (Å²) in [6.07, 6.45) is 2.85. The highest BCUT2D eigenvalue weighted by Crippen LogP contribution is 2.36. The lowest BCUT2D eigenvalue weighted by Gasteiger charge is -2.43. The molecule has 2 unspecified atom stereocenters. The molecule has 0 spiro atoms. The molecule has 2 aliphatic heterocycles. The predicted octanol–water partition coefficient (Wildman–Crippen LogP) is 2.23. The second-order valence-corrected chi connectivity index (χ2v) is 9.88. The van der Waals surface area contributed by atoms with E-state index in [1.54, 1.807) is 4.90 Å². The van der Waals surface area contributed by atoms with Crippen LogP contribution in [0.2, 0.25) is 0 Å². The van der Waals surface area contributed by atoms with Crippen molar-refractivity contribution in [2.45, 2.75) is 36.9 Å². The Bertz CT molecular complexity index is 718. The van der Waals surface area contributed by atoms with Crippen LogP contribution in [0.1, 0.15) is 37.7 Å². The van der Waals surface area contributed by atoms with Crippen LogP contribution in [0.15, 0.2) is 30.3 Å². The third-order valence-corrected chi connectivity index (χ3v) is 7.93. The molecule has 0 bridgehead atoms. The van der Waals surface area contributed by atoms with Gasteiger partial charge in [-0.1, -0.05) is 37.3 Å². The van der Waals surface area contributed by atoms with Crippen molar-refractivity contribution in [1.82, 2.24) is 10.2 Å². The summed E-state index contributed by atoms with van der Waals surface area (Å²) in [7, 11) is -3.45. The molecule has 0 aliphatic carbocycles. The number of carbonyl (C=O) groups is 1. The van der Waals surface area contributed by atoms with Crippen LogP contribution in [-0.4, -0.2) is 56.4 Å². The van der Waals surface area contributed by atoms with E-state index in [9.17, 15) is 13.2 Å². The molecule has 2 saturated heterocycles. The van der Waals surface area contributed by atoms with Crippen LogP contribution in [0.3, 0.4) is 0 Å². The number of nitrogens with zero attached hydrogens (tertiary/aromatic N) is 1.